The van der Waals surface area contributed by atoms with Crippen molar-refractivity contribution >= 4 is 33.8 Å². The first-order valence-corrected chi connectivity index (χ1v) is 9.56. The molecule has 0 saturated carbocycles. The normalized spacial score (nSPS) is 11.1. The molecule has 0 bridgehead atoms. The van der Waals surface area contributed by atoms with E-state index >= 15 is 0 Å². The molecule has 28 heavy (non-hydrogen) atoms. The number of nitrogens with one attached hydrogen (secondary N) is 2. The van der Waals surface area contributed by atoms with Crippen molar-refractivity contribution in [3.8, 4) is 0 Å². The Hall–Kier alpha value is -3.12. The third-order valence-corrected chi connectivity index (χ3v) is 4.37. The average molecular weight is 439 g/mol. The van der Waals surface area contributed by atoms with Crippen molar-refractivity contribution in [3.63, 3.8) is 0 Å². The van der Waals surface area contributed by atoms with Crippen LogP contribution in [0, 0.1) is 0 Å². The van der Waals surface area contributed by atoms with Crippen LogP contribution in [0.25, 0.3) is 6.08 Å². The van der Waals surface area contributed by atoms with Crippen LogP contribution in [0.4, 0.5) is 0 Å². The summed E-state index contributed by atoms with van der Waals surface area (Å²) >= 11 is 3.17. The zero-order valence-corrected chi connectivity index (χ0v) is 16.6. The maximum atomic E-state index is 12.7. The molecule has 0 aliphatic heterocycles. The molecule has 0 fully saturated rings. The highest BCUT2D eigenvalue weighted by Crippen LogP contribution is 2.14. The lowest BCUT2D eigenvalue weighted by molar-refractivity contribution is -0.117. The van der Waals surface area contributed by atoms with Crippen LogP contribution in [0.15, 0.2) is 87.6 Å². The van der Waals surface area contributed by atoms with Crippen molar-refractivity contribution in [2.45, 2.75) is 6.42 Å². The number of hydrogen-bond acceptors (Lipinski definition) is 3. The van der Waals surface area contributed by atoms with Crippen LogP contribution in [0.5, 0.6) is 0 Å². The fourth-order valence-corrected chi connectivity index (χ4v) is 2.86. The van der Waals surface area contributed by atoms with Crippen LogP contribution in [0.2, 0.25) is 0 Å². The summed E-state index contributed by atoms with van der Waals surface area (Å²) < 4.78 is 5.70. The zero-order chi connectivity index (χ0) is 19.8. The molecule has 2 N–H and O–H groups in total. The first-order valence-electron chi connectivity index (χ1n) is 8.77. The molecule has 142 valence electrons. The van der Waals surface area contributed by atoms with Gasteiger partial charge in [-0.1, -0.05) is 60.7 Å². The highest BCUT2D eigenvalue weighted by molar-refractivity contribution is 9.10. The van der Waals surface area contributed by atoms with Crippen molar-refractivity contribution < 1.29 is 14.0 Å². The minimum absolute atomic E-state index is 0.114. The van der Waals surface area contributed by atoms with Gasteiger partial charge in [-0.25, -0.2) is 0 Å². The molecule has 0 aliphatic rings. The molecule has 3 aromatic rings. The molecule has 2 aromatic carbocycles. The molecule has 0 saturated heterocycles. The first-order chi connectivity index (χ1) is 13.6. The summed E-state index contributed by atoms with van der Waals surface area (Å²) in [6, 6.07) is 22.3. The Morgan fingerprint density at radius 3 is 2.25 bits per heavy atom. The molecule has 5 nitrogen and oxygen atoms in total. The van der Waals surface area contributed by atoms with E-state index in [9.17, 15) is 9.59 Å². The summed E-state index contributed by atoms with van der Waals surface area (Å²) in [5.74, 6) is -0.743. The quantitative estimate of drug-likeness (QED) is 0.543. The second-order valence-electron chi connectivity index (χ2n) is 6.02. The van der Waals surface area contributed by atoms with Crippen LogP contribution >= 0.6 is 15.9 Å². The zero-order valence-electron chi connectivity index (χ0n) is 15.0. The summed E-state index contributed by atoms with van der Waals surface area (Å²) in [7, 11) is 0. The second kappa shape index (κ2) is 9.71. The van der Waals surface area contributed by atoms with Gasteiger partial charge in [-0.3, -0.25) is 9.59 Å². The molecule has 1 heterocycles. The van der Waals surface area contributed by atoms with Crippen LogP contribution in [-0.2, 0) is 11.2 Å². The van der Waals surface area contributed by atoms with Gasteiger partial charge in [0, 0.05) is 6.54 Å². The maximum Gasteiger partial charge on any atom is 0.291 e. The Morgan fingerprint density at radius 1 is 0.929 bits per heavy atom. The Kier molecular flexibility index (Phi) is 6.81. The maximum absolute atomic E-state index is 12.7. The summed E-state index contributed by atoms with van der Waals surface area (Å²) in [4.78, 5) is 25.1. The van der Waals surface area contributed by atoms with E-state index in [4.69, 9.17) is 4.42 Å². The number of amides is 2. The highest BCUT2D eigenvalue weighted by Gasteiger charge is 2.17. The Balaban J connectivity index is 1.70. The Labute approximate surface area is 171 Å². The molecular weight excluding hydrogens is 420 g/mol. The highest BCUT2D eigenvalue weighted by atomic mass is 79.9. The molecule has 6 heteroatoms. The molecule has 2 amide bonds. The third-order valence-electron chi connectivity index (χ3n) is 3.94. The topological polar surface area (TPSA) is 71.3 Å². The summed E-state index contributed by atoms with van der Waals surface area (Å²) in [5, 5.41) is 5.49. The Bertz CT molecular complexity index is 966. The standard InChI is InChI=1S/C22H19BrN2O3/c23-20-12-11-19(28-20)22(27)25-18(15-17-9-5-2-6-10-17)21(26)24-14-13-16-7-3-1-4-8-16/h1-12,15H,13-14H2,(H,24,26)(H,25,27)/b18-15+. The largest absolute Gasteiger partial charge is 0.444 e. The minimum atomic E-state index is -0.494. The monoisotopic (exact) mass is 438 g/mol. The third kappa shape index (κ3) is 5.69. The van der Waals surface area contributed by atoms with Gasteiger partial charge in [0.2, 0.25) is 0 Å². The lowest BCUT2D eigenvalue weighted by Crippen LogP contribution is -2.35. The smallest absolute Gasteiger partial charge is 0.291 e. The lowest BCUT2D eigenvalue weighted by Gasteiger charge is -2.10. The van der Waals surface area contributed by atoms with Crippen molar-refractivity contribution in [2.75, 3.05) is 6.54 Å². The number of carbonyl (C=O) groups excluding carboxylic acids is 2. The van der Waals surface area contributed by atoms with E-state index in [1.54, 1.807) is 12.1 Å². The fraction of sp³-hybridized carbons (Fsp3) is 0.0909. The average Bonchev–Trinajstić information content (AvgIpc) is 3.15. The molecule has 0 aliphatic carbocycles. The van der Waals surface area contributed by atoms with Crippen molar-refractivity contribution in [3.05, 3.63) is 100 Å². The van der Waals surface area contributed by atoms with Gasteiger partial charge in [0.05, 0.1) is 0 Å². The van der Waals surface area contributed by atoms with Gasteiger partial charge in [-0.05, 0) is 51.7 Å². The molecule has 0 unspecified atom stereocenters. The molecule has 0 spiro atoms. The van der Waals surface area contributed by atoms with E-state index in [0.29, 0.717) is 17.6 Å². The molecule has 0 atom stereocenters. The molecule has 3 rings (SSSR count). The summed E-state index contributed by atoms with van der Waals surface area (Å²) in [5.41, 5.74) is 2.08. The molecule has 1 aromatic heterocycles. The van der Waals surface area contributed by atoms with Gasteiger partial charge in [0.25, 0.3) is 11.8 Å². The number of hydrogen-bond donors (Lipinski definition) is 2. The van der Waals surface area contributed by atoms with Crippen molar-refractivity contribution in [1.29, 1.82) is 0 Å². The Morgan fingerprint density at radius 2 is 1.61 bits per heavy atom. The number of halogens is 1. The number of rotatable bonds is 7. The minimum Gasteiger partial charge on any atom is -0.444 e. The predicted molar refractivity (Wildman–Crippen MR) is 111 cm³/mol. The van der Waals surface area contributed by atoms with E-state index in [2.05, 4.69) is 26.6 Å². The fourth-order valence-electron chi connectivity index (χ4n) is 2.55. The summed E-state index contributed by atoms with van der Waals surface area (Å²) in [6.45, 7) is 0.456. The van der Waals surface area contributed by atoms with Crippen molar-refractivity contribution in [1.82, 2.24) is 10.6 Å². The number of carbonyl (C=O) groups is 2. The van der Waals surface area contributed by atoms with Gasteiger partial charge in [0.15, 0.2) is 10.4 Å². The van der Waals surface area contributed by atoms with E-state index in [-0.39, 0.29) is 17.4 Å². The van der Waals surface area contributed by atoms with Crippen LogP contribution in [-0.4, -0.2) is 18.4 Å². The first kappa shape index (κ1) is 19.6. The number of benzene rings is 2. The number of furan rings is 1. The SMILES string of the molecule is O=C(NCCc1ccccc1)/C(=C\c1ccccc1)NC(=O)c1ccc(Br)o1. The van der Waals surface area contributed by atoms with Crippen LogP contribution < -0.4 is 10.6 Å². The van der Waals surface area contributed by atoms with Gasteiger partial charge in [0.1, 0.15) is 5.70 Å². The van der Waals surface area contributed by atoms with Gasteiger partial charge in [-0.15, -0.1) is 0 Å². The van der Waals surface area contributed by atoms with E-state index in [1.165, 1.54) is 6.07 Å². The van der Waals surface area contributed by atoms with E-state index in [0.717, 1.165) is 11.1 Å². The predicted octanol–water partition coefficient (Wildman–Crippen LogP) is 4.17. The summed E-state index contributed by atoms with van der Waals surface area (Å²) in [6.07, 6.45) is 2.33. The second-order valence-corrected chi connectivity index (χ2v) is 6.80. The van der Waals surface area contributed by atoms with Crippen LogP contribution in [0.3, 0.4) is 0 Å². The van der Waals surface area contributed by atoms with Crippen molar-refractivity contribution in [2.24, 2.45) is 0 Å². The van der Waals surface area contributed by atoms with Gasteiger partial charge < -0.3 is 15.1 Å². The lowest BCUT2D eigenvalue weighted by atomic mass is 10.1. The van der Waals surface area contributed by atoms with E-state index in [1.807, 2.05) is 60.7 Å². The van der Waals surface area contributed by atoms with E-state index < -0.39 is 5.91 Å². The molecular formula is C22H19BrN2O3. The molecule has 0 radical (unpaired) electrons. The van der Waals surface area contributed by atoms with Crippen LogP contribution in [0.1, 0.15) is 21.7 Å². The van der Waals surface area contributed by atoms with Gasteiger partial charge in [-0.2, -0.15) is 0 Å². The van der Waals surface area contributed by atoms with Gasteiger partial charge >= 0.3 is 0 Å².